The molecule has 0 spiro atoms. The van der Waals surface area contributed by atoms with Crippen molar-refractivity contribution < 1.29 is 9.84 Å². The van der Waals surface area contributed by atoms with Crippen molar-refractivity contribution in [2.45, 2.75) is 51.2 Å². The molecule has 1 fully saturated rings. The van der Waals surface area contributed by atoms with Crippen molar-refractivity contribution >= 4 is 5.65 Å². The molecule has 2 aromatic carbocycles. The molecule has 0 radical (unpaired) electrons. The number of aliphatic hydroxyl groups is 1. The second-order valence-corrected chi connectivity index (χ2v) is 8.25. The van der Waals surface area contributed by atoms with E-state index in [1.54, 1.807) is 6.20 Å². The minimum absolute atomic E-state index is 0.0482. The number of nitrogens with zero attached hydrogens (tertiary/aromatic N) is 3. The fourth-order valence-corrected chi connectivity index (χ4v) is 4.57. The number of fused-ring (bicyclic) bond motifs is 1. The van der Waals surface area contributed by atoms with Gasteiger partial charge in [-0.05, 0) is 36.1 Å². The minimum Gasteiger partial charge on any atom is -0.489 e. The summed E-state index contributed by atoms with van der Waals surface area (Å²) >= 11 is 0. The van der Waals surface area contributed by atoms with Gasteiger partial charge in [0, 0.05) is 23.2 Å². The molecule has 5 heteroatoms. The monoisotopic (exact) mass is 413 g/mol. The Balaban J connectivity index is 1.47. The molecule has 0 aliphatic heterocycles. The number of hydrogen-bond donors (Lipinski definition) is 1. The lowest BCUT2D eigenvalue weighted by Gasteiger charge is -2.25. The van der Waals surface area contributed by atoms with E-state index in [4.69, 9.17) is 4.74 Å². The van der Waals surface area contributed by atoms with E-state index >= 15 is 0 Å². The third-order valence-corrected chi connectivity index (χ3v) is 6.21. The Morgan fingerprint density at radius 1 is 0.935 bits per heavy atom. The molecule has 0 unspecified atom stereocenters. The number of aromatic nitrogens is 3. The van der Waals surface area contributed by atoms with Gasteiger partial charge in [0.1, 0.15) is 12.4 Å². The summed E-state index contributed by atoms with van der Waals surface area (Å²) in [6.07, 6.45) is 9.80. The van der Waals surface area contributed by atoms with Gasteiger partial charge >= 0.3 is 0 Å². The molecule has 5 rings (SSSR count). The van der Waals surface area contributed by atoms with Crippen LogP contribution in [-0.4, -0.2) is 19.7 Å². The summed E-state index contributed by atoms with van der Waals surface area (Å²) in [5, 5.41) is 14.3. The first-order chi connectivity index (χ1) is 15.3. The molecule has 4 aromatic rings. The number of benzene rings is 2. The molecular weight excluding hydrogens is 386 g/mol. The second kappa shape index (κ2) is 8.90. The Kier molecular flexibility index (Phi) is 5.67. The van der Waals surface area contributed by atoms with Crippen molar-refractivity contribution in [3.05, 3.63) is 83.8 Å². The summed E-state index contributed by atoms with van der Waals surface area (Å²) in [6.45, 7) is 0.506. The summed E-state index contributed by atoms with van der Waals surface area (Å²) in [4.78, 5) is 4.65. The predicted molar refractivity (Wildman–Crippen MR) is 121 cm³/mol. The highest BCUT2D eigenvalue weighted by Crippen LogP contribution is 2.38. The SMILES string of the molecule is OCc1cnn2c(C3CCCCC3)c(-c3ccc(OCc4ccccc4)cc3)cnc12. The number of aliphatic hydroxyl groups excluding tert-OH is 1. The van der Waals surface area contributed by atoms with E-state index in [1.165, 1.54) is 37.8 Å². The quantitative estimate of drug-likeness (QED) is 0.452. The molecule has 1 aliphatic rings. The zero-order valence-electron chi connectivity index (χ0n) is 17.6. The van der Waals surface area contributed by atoms with Crippen molar-refractivity contribution in [2.24, 2.45) is 0 Å². The van der Waals surface area contributed by atoms with E-state index < -0.39 is 0 Å². The fourth-order valence-electron chi connectivity index (χ4n) is 4.57. The summed E-state index contributed by atoms with van der Waals surface area (Å²) in [5.41, 5.74) is 6.12. The molecule has 31 heavy (non-hydrogen) atoms. The minimum atomic E-state index is -0.0482. The van der Waals surface area contributed by atoms with Crippen LogP contribution in [-0.2, 0) is 13.2 Å². The number of hydrogen-bond acceptors (Lipinski definition) is 4. The molecule has 0 saturated heterocycles. The van der Waals surface area contributed by atoms with Crippen LogP contribution in [0.3, 0.4) is 0 Å². The lowest BCUT2D eigenvalue weighted by atomic mass is 9.84. The molecule has 1 aliphatic carbocycles. The van der Waals surface area contributed by atoms with Crippen LogP contribution < -0.4 is 4.74 Å². The van der Waals surface area contributed by atoms with E-state index in [1.807, 2.05) is 41.0 Å². The van der Waals surface area contributed by atoms with Crippen molar-refractivity contribution in [2.75, 3.05) is 0 Å². The average molecular weight is 414 g/mol. The topological polar surface area (TPSA) is 59.7 Å². The Bertz CT molecular complexity index is 1150. The molecule has 2 heterocycles. The standard InChI is InChI=1S/C26H27N3O2/c30-17-22-15-28-29-25(21-9-5-2-6-10-21)24(16-27-26(22)29)20-11-13-23(14-12-20)31-18-19-7-3-1-4-8-19/h1,3-4,7-8,11-16,21,30H,2,5-6,9-10,17-18H2. The molecule has 0 amide bonds. The Labute approximate surface area is 182 Å². The predicted octanol–water partition coefficient (Wildman–Crippen LogP) is 5.52. The van der Waals surface area contributed by atoms with Crippen molar-refractivity contribution in [1.29, 1.82) is 0 Å². The van der Waals surface area contributed by atoms with E-state index in [0.29, 0.717) is 12.5 Å². The third kappa shape index (κ3) is 4.06. The third-order valence-electron chi connectivity index (χ3n) is 6.21. The van der Waals surface area contributed by atoms with Gasteiger partial charge in [0.2, 0.25) is 0 Å². The van der Waals surface area contributed by atoms with Crippen molar-refractivity contribution in [3.8, 4) is 16.9 Å². The van der Waals surface area contributed by atoms with Gasteiger partial charge in [-0.15, -0.1) is 0 Å². The lowest BCUT2D eigenvalue weighted by molar-refractivity contribution is 0.283. The maximum Gasteiger partial charge on any atom is 0.160 e. The molecule has 5 nitrogen and oxygen atoms in total. The largest absolute Gasteiger partial charge is 0.489 e. The zero-order valence-corrected chi connectivity index (χ0v) is 17.6. The van der Waals surface area contributed by atoms with Gasteiger partial charge < -0.3 is 9.84 Å². The van der Waals surface area contributed by atoms with Crippen molar-refractivity contribution in [1.82, 2.24) is 14.6 Å². The fraction of sp³-hybridized carbons (Fsp3) is 0.308. The van der Waals surface area contributed by atoms with Gasteiger partial charge in [-0.1, -0.05) is 61.7 Å². The molecule has 0 atom stereocenters. The first-order valence-electron chi connectivity index (χ1n) is 11.1. The van der Waals surface area contributed by atoms with E-state index in [-0.39, 0.29) is 6.61 Å². The Hall–Kier alpha value is -3.18. The summed E-state index contributed by atoms with van der Waals surface area (Å²) in [5.74, 6) is 1.30. The molecule has 1 saturated carbocycles. The van der Waals surface area contributed by atoms with E-state index in [2.05, 4.69) is 34.3 Å². The zero-order chi connectivity index (χ0) is 21.0. The van der Waals surface area contributed by atoms with Crippen LogP contribution in [0.25, 0.3) is 16.8 Å². The maximum absolute atomic E-state index is 9.67. The van der Waals surface area contributed by atoms with Gasteiger partial charge in [0.05, 0.1) is 18.5 Å². The van der Waals surface area contributed by atoms with E-state index in [0.717, 1.165) is 33.7 Å². The Morgan fingerprint density at radius 2 is 1.71 bits per heavy atom. The van der Waals surface area contributed by atoms with Crippen LogP contribution in [0, 0.1) is 0 Å². The molecule has 2 aromatic heterocycles. The lowest BCUT2D eigenvalue weighted by Crippen LogP contribution is -2.12. The first kappa shape index (κ1) is 19.8. The second-order valence-electron chi connectivity index (χ2n) is 8.25. The molecule has 0 bridgehead atoms. The highest BCUT2D eigenvalue weighted by Gasteiger charge is 2.24. The van der Waals surface area contributed by atoms with Gasteiger partial charge in [-0.2, -0.15) is 5.10 Å². The molecule has 158 valence electrons. The first-order valence-corrected chi connectivity index (χ1v) is 11.1. The molecule has 1 N–H and O–H groups in total. The summed E-state index contributed by atoms with van der Waals surface area (Å²) in [6, 6.07) is 18.4. The van der Waals surface area contributed by atoms with Crippen LogP contribution in [0.1, 0.15) is 54.8 Å². The Morgan fingerprint density at radius 3 is 2.45 bits per heavy atom. The normalized spacial score (nSPS) is 14.7. The average Bonchev–Trinajstić information content (AvgIpc) is 3.27. The van der Waals surface area contributed by atoms with Crippen LogP contribution >= 0.6 is 0 Å². The number of ether oxygens (including phenoxy) is 1. The van der Waals surface area contributed by atoms with Gasteiger partial charge in [-0.25, -0.2) is 9.50 Å². The van der Waals surface area contributed by atoms with Crippen molar-refractivity contribution in [3.63, 3.8) is 0 Å². The van der Waals surface area contributed by atoms with Crippen LogP contribution in [0.15, 0.2) is 67.0 Å². The van der Waals surface area contributed by atoms with Gasteiger partial charge in [0.25, 0.3) is 0 Å². The van der Waals surface area contributed by atoms with Gasteiger partial charge in [0.15, 0.2) is 5.65 Å². The highest BCUT2D eigenvalue weighted by molar-refractivity contribution is 5.68. The van der Waals surface area contributed by atoms with E-state index in [9.17, 15) is 5.11 Å². The summed E-state index contributed by atoms with van der Waals surface area (Å²) < 4.78 is 7.91. The maximum atomic E-state index is 9.67. The van der Waals surface area contributed by atoms with Crippen LogP contribution in [0.2, 0.25) is 0 Å². The smallest absolute Gasteiger partial charge is 0.160 e. The van der Waals surface area contributed by atoms with Crippen LogP contribution in [0.5, 0.6) is 5.75 Å². The highest BCUT2D eigenvalue weighted by atomic mass is 16.5. The molecular formula is C26H27N3O2. The summed E-state index contributed by atoms with van der Waals surface area (Å²) in [7, 11) is 0. The van der Waals surface area contributed by atoms with Gasteiger partial charge in [-0.3, -0.25) is 0 Å². The number of rotatable bonds is 6. The van der Waals surface area contributed by atoms with Crippen LogP contribution in [0.4, 0.5) is 0 Å².